The molecule has 0 atom stereocenters. The lowest BCUT2D eigenvalue weighted by Gasteiger charge is -2.14. The van der Waals surface area contributed by atoms with Gasteiger partial charge in [-0.15, -0.1) is 0 Å². The predicted octanol–water partition coefficient (Wildman–Crippen LogP) is 8.20. The molecule has 3 rings (SSSR count). The van der Waals surface area contributed by atoms with Gasteiger partial charge in [0.15, 0.2) is 17.2 Å². The first kappa shape index (κ1) is 22.6. The minimum absolute atomic E-state index is 0.123. The Hall–Kier alpha value is -2.11. The normalized spacial score (nSPS) is 10.4. The van der Waals surface area contributed by atoms with Gasteiger partial charge >= 0.3 is 0 Å². The molecule has 8 heteroatoms. The topological polar surface area (TPSA) is 27.7 Å². The summed E-state index contributed by atoms with van der Waals surface area (Å²) in [4.78, 5) is 0. The van der Waals surface area contributed by atoms with Gasteiger partial charge in [-0.05, 0) is 48.0 Å². The molecule has 0 radical (unpaired) electrons. The SMILES string of the molecule is Fc1cccc(Oc2c(Cl)cc(COc3ccccc3OCC=C(Cl)Cl)cc2Cl)c1. The van der Waals surface area contributed by atoms with Crippen LogP contribution in [0.5, 0.6) is 23.0 Å². The van der Waals surface area contributed by atoms with Gasteiger partial charge in [0.05, 0.1) is 10.0 Å². The largest absolute Gasteiger partial charge is 0.486 e. The molecule has 0 saturated carbocycles. The maximum absolute atomic E-state index is 13.4. The van der Waals surface area contributed by atoms with Crippen LogP contribution in [0.1, 0.15) is 5.56 Å². The Balaban J connectivity index is 1.70. The van der Waals surface area contributed by atoms with Crippen LogP contribution in [0.15, 0.2) is 71.2 Å². The summed E-state index contributed by atoms with van der Waals surface area (Å²) in [5, 5.41) is 0.550. The summed E-state index contributed by atoms with van der Waals surface area (Å²) in [6.07, 6.45) is 1.52. The number of para-hydroxylation sites is 2. The van der Waals surface area contributed by atoms with Crippen molar-refractivity contribution in [3.63, 3.8) is 0 Å². The maximum Gasteiger partial charge on any atom is 0.164 e. The first-order valence-corrected chi connectivity index (χ1v) is 10.2. The molecule has 0 aliphatic heterocycles. The Morgan fingerprint density at radius 3 is 2.17 bits per heavy atom. The minimum Gasteiger partial charge on any atom is -0.486 e. The number of halogens is 5. The molecule has 0 amide bonds. The molecular formula is C22H15Cl4FO3. The summed E-state index contributed by atoms with van der Waals surface area (Å²) in [5.41, 5.74) is 0.718. The average Bonchev–Trinajstić information content (AvgIpc) is 2.70. The van der Waals surface area contributed by atoms with Crippen LogP contribution in [0, 0.1) is 5.82 Å². The first-order chi connectivity index (χ1) is 14.4. The number of hydrogen-bond acceptors (Lipinski definition) is 3. The van der Waals surface area contributed by atoms with Crippen molar-refractivity contribution < 1.29 is 18.6 Å². The quantitative estimate of drug-likeness (QED) is 0.320. The number of rotatable bonds is 8. The fourth-order valence-corrected chi connectivity index (χ4v) is 3.22. The highest BCUT2D eigenvalue weighted by Gasteiger charge is 2.13. The standard InChI is InChI=1S/C22H15Cl4FO3/c23-17-10-14(11-18(24)22(17)30-16-5-3-4-15(27)12-16)13-29-20-7-2-1-6-19(20)28-9-8-21(25)26/h1-8,10-12H,9,13H2. The van der Waals surface area contributed by atoms with Crippen molar-refractivity contribution in [2.24, 2.45) is 0 Å². The summed E-state index contributed by atoms with van der Waals surface area (Å²) < 4.78 is 30.6. The molecule has 0 saturated heterocycles. The van der Waals surface area contributed by atoms with Crippen molar-refractivity contribution in [3.05, 3.63) is 92.7 Å². The van der Waals surface area contributed by atoms with E-state index in [9.17, 15) is 4.39 Å². The molecule has 30 heavy (non-hydrogen) atoms. The zero-order valence-electron chi connectivity index (χ0n) is 15.4. The summed E-state index contributed by atoms with van der Waals surface area (Å²) in [5.74, 6) is 1.17. The van der Waals surface area contributed by atoms with Crippen LogP contribution in [0.4, 0.5) is 4.39 Å². The third-order valence-corrected chi connectivity index (χ3v) is 4.66. The summed E-state index contributed by atoms with van der Waals surface area (Å²) in [6, 6.07) is 16.2. The van der Waals surface area contributed by atoms with Gasteiger partial charge in [-0.2, -0.15) is 0 Å². The molecule has 3 aromatic carbocycles. The molecule has 0 heterocycles. The lowest BCUT2D eigenvalue weighted by Crippen LogP contribution is -2.00. The highest BCUT2D eigenvalue weighted by atomic mass is 35.5. The summed E-state index contributed by atoms with van der Waals surface area (Å²) >= 11 is 23.8. The fourth-order valence-electron chi connectivity index (χ4n) is 2.49. The van der Waals surface area contributed by atoms with E-state index in [1.807, 2.05) is 12.1 Å². The van der Waals surface area contributed by atoms with Gasteiger partial charge in [0.2, 0.25) is 0 Å². The molecular weight excluding hydrogens is 473 g/mol. The van der Waals surface area contributed by atoms with Crippen LogP contribution in [-0.2, 0) is 6.61 Å². The zero-order valence-corrected chi connectivity index (χ0v) is 18.4. The van der Waals surface area contributed by atoms with Gasteiger partial charge in [-0.25, -0.2) is 4.39 Å². The first-order valence-electron chi connectivity index (χ1n) is 8.69. The van der Waals surface area contributed by atoms with Crippen molar-refractivity contribution in [1.29, 1.82) is 0 Å². The van der Waals surface area contributed by atoms with Crippen LogP contribution in [0.3, 0.4) is 0 Å². The fraction of sp³-hybridized carbons (Fsp3) is 0.0909. The molecule has 0 unspecified atom stereocenters. The average molecular weight is 488 g/mol. The van der Waals surface area contributed by atoms with Crippen molar-refractivity contribution in [2.75, 3.05) is 6.61 Å². The monoisotopic (exact) mass is 486 g/mol. The smallest absolute Gasteiger partial charge is 0.164 e. The van der Waals surface area contributed by atoms with Gasteiger partial charge in [-0.3, -0.25) is 0 Å². The van der Waals surface area contributed by atoms with E-state index in [0.29, 0.717) is 17.2 Å². The maximum atomic E-state index is 13.4. The molecule has 3 nitrogen and oxygen atoms in total. The molecule has 0 bridgehead atoms. The van der Waals surface area contributed by atoms with E-state index in [4.69, 9.17) is 60.6 Å². The van der Waals surface area contributed by atoms with Gasteiger partial charge in [0.1, 0.15) is 29.3 Å². The van der Waals surface area contributed by atoms with Crippen LogP contribution >= 0.6 is 46.4 Å². The summed E-state index contributed by atoms with van der Waals surface area (Å²) in [6.45, 7) is 0.388. The van der Waals surface area contributed by atoms with E-state index in [0.717, 1.165) is 5.56 Å². The highest BCUT2D eigenvalue weighted by Crippen LogP contribution is 2.38. The number of benzene rings is 3. The Morgan fingerprint density at radius 2 is 1.53 bits per heavy atom. The number of ether oxygens (including phenoxy) is 3. The van der Waals surface area contributed by atoms with Gasteiger partial charge < -0.3 is 14.2 Å². The van der Waals surface area contributed by atoms with Gasteiger partial charge in [0, 0.05) is 6.07 Å². The molecule has 0 aliphatic carbocycles. The van der Waals surface area contributed by atoms with Crippen LogP contribution in [-0.4, -0.2) is 6.61 Å². The van der Waals surface area contributed by atoms with E-state index in [1.54, 1.807) is 30.3 Å². The lowest BCUT2D eigenvalue weighted by atomic mass is 10.2. The van der Waals surface area contributed by atoms with Gasteiger partial charge in [-0.1, -0.05) is 64.6 Å². The Labute approximate surface area is 193 Å². The molecule has 3 aromatic rings. The van der Waals surface area contributed by atoms with E-state index < -0.39 is 5.82 Å². The van der Waals surface area contributed by atoms with Gasteiger partial charge in [0.25, 0.3) is 0 Å². The second-order valence-electron chi connectivity index (χ2n) is 5.99. The second-order valence-corrected chi connectivity index (χ2v) is 7.81. The molecule has 0 N–H and O–H groups in total. The third-order valence-electron chi connectivity index (χ3n) is 3.79. The third kappa shape index (κ3) is 6.44. The van der Waals surface area contributed by atoms with Crippen LogP contribution < -0.4 is 14.2 Å². The molecule has 0 aromatic heterocycles. The van der Waals surface area contributed by atoms with E-state index >= 15 is 0 Å². The predicted molar refractivity (Wildman–Crippen MR) is 119 cm³/mol. The van der Waals surface area contributed by atoms with E-state index in [1.165, 1.54) is 24.3 Å². The lowest BCUT2D eigenvalue weighted by molar-refractivity contribution is 0.275. The molecule has 0 spiro atoms. The van der Waals surface area contributed by atoms with E-state index in [-0.39, 0.29) is 33.5 Å². The Bertz CT molecular complexity index is 1030. The molecule has 0 aliphatic rings. The Kier molecular flexibility index (Phi) is 8.11. The van der Waals surface area contributed by atoms with Crippen molar-refractivity contribution >= 4 is 46.4 Å². The van der Waals surface area contributed by atoms with Crippen LogP contribution in [0.25, 0.3) is 0 Å². The highest BCUT2D eigenvalue weighted by molar-refractivity contribution is 6.55. The molecule has 0 fully saturated rings. The zero-order chi connectivity index (χ0) is 21.5. The Morgan fingerprint density at radius 1 is 0.867 bits per heavy atom. The number of hydrogen-bond donors (Lipinski definition) is 0. The van der Waals surface area contributed by atoms with E-state index in [2.05, 4.69) is 0 Å². The second kappa shape index (κ2) is 10.8. The minimum atomic E-state index is -0.422. The summed E-state index contributed by atoms with van der Waals surface area (Å²) in [7, 11) is 0. The van der Waals surface area contributed by atoms with Crippen LogP contribution in [0.2, 0.25) is 10.0 Å². The van der Waals surface area contributed by atoms with Crippen molar-refractivity contribution in [2.45, 2.75) is 6.61 Å². The van der Waals surface area contributed by atoms with Crippen molar-refractivity contribution in [1.82, 2.24) is 0 Å². The molecule has 156 valence electrons. The van der Waals surface area contributed by atoms with Crippen molar-refractivity contribution in [3.8, 4) is 23.0 Å².